The maximum atomic E-state index is 10.5. The van der Waals surface area contributed by atoms with Gasteiger partial charge in [-0.3, -0.25) is 4.79 Å². The van der Waals surface area contributed by atoms with E-state index in [0.717, 1.165) is 24.9 Å². The Morgan fingerprint density at radius 1 is 1.24 bits per heavy atom. The lowest BCUT2D eigenvalue weighted by atomic mass is 10.2. The molecule has 1 aromatic carbocycles. The Balaban J connectivity index is 2.18. The maximum absolute atomic E-state index is 10.5. The smallest absolute Gasteiger partial charge is 0.217 e. The maximum Gasteiger partial charge on any atom is 0.217 e. The number of unbranched alkanes of at least 4 members (excludes halogenated alkanes) is 1. The molecular weight excluding hydrogens is 220 g/mol. The molecule has 0 aliphatic heterocycles. The summed E-state index contributed by atoms with van der Waals surface area (Å²) in [6.45, 7) is 1.40. The van der Waals surface area contributed by atoms with Crippen LogP contribution in [0.1, 0.15) is 24.8 Å². The van der Waals surface area contributed by atoms with E-state index in [4.69, 9.17) is 10.8 Å². The summed E-state index contributed by atoms with van der Waals surface area (Å²) in [5.74, 6) is -0.498. The van der Waals surface area contributed by atoms with Gasteiger partial charge in [-0.05, 0) is 37.1 Å². The second-order valence-corrected chi connectivity index (χ2v) is 3.92. The number of nitrogens with one attached hydrogen (secondary N) is 1. The monoisotopic (exact) mass is 238 g/mol. The van der Waals surface area contributed by atoms with Crippen molar-refractivity contribution in [1.82, 2.24) is 5.32 Å². The van der Waals surface area contributed by atoms with Crippen molar-refractivity contribution in [3.8, 4) is 11.5 Å². The summed E-state index contributed by atoms with van der Waals surface area (Å²) in [7, 11) is 0. The molecule has 1 amide bonds. The van der Waals surface area contributed by atoms with Crippen LogP contribution < -0.4 is 11.1 Å². The zero-order chi connectivity index (χ0) is 12.7. The van der Waals surface area contributed by atoms with E-state index in [1.165, 1.54) is 12.1 Å². The standard InChI is InChI=1S/C12H18N2O3/c13-12(17)3-1-2-6-14-8-9-4-5-10(15)11(16)7-9/h4-5,7,14-16H,1-3,6,8H2,(H2,13,17). The van der Waals surface area contributed by atoms with Crippen molar-refractivity contribution in [3.05, 3.63) is 23.8 Å². The number of carbonyl (C=O) groups is 1. The summed E-state index contributed by atoms with van der Waals surface area (Å²) in [4.78, 5) is 10.5. The van der Waals surface area contributed by atoms with Crippen LogP contribution in [0.5, 0.6) is 11.5 Å². The van der Waals surface area contributed by atoms with E-state index in [-0.39, 0.29) is 17.4 Å². The molecule has 5 heteroatoms. The zero-order valence-electron chi connectivity index (χ0n) is 9.65. The Labute approximate surface area is 100 Å². The van der Waals surface area contributed by atoms with Crippen LogP contribution in [0.15, 0.2) is 18.2 Å². The third-order valence-electron chi connectivity index (χ3n) is 2.40. The molecule has 0 saturated heterocycles. The Hall–Kier alpha value is -1.75. The van der Waals surface area contributed by atoms with Gasteiger partial charge in [-0.15, -0.1) is 0 Å². The number of hydrogen-bond acceptors (Lipinski definition) is 4. The first-order valence-electron chi connectivity index (χ1n) is 5.59. The summed E-state index contributed by atoms with van der Waals surface area (Å²) in [5, 5.41) is 21.6. The topological polar surface area (TPSA) is 95.6 Å². The molecule has 0 heterocycles. The van der Waals surface area contributed by atoms with E-state index in [1.807, 2.05) is 0 Å². The van der Waals surface area contributed by atoms with Gasteiger partial charge in [-0.1, -0.05) is 6.07 Å². The summed E-state index contributed by atoms with van der Waals surface area (Å²) >= 11 is 0. The van der Waals surface area contributed by atoms with E-state index in [1.54, 1.807) is 6.07 Å². The van der Waals surface area contributed by atoms with Crippen molar-refractivity contribution in [2.24, 2.45) is 5.73 Å². The van der Waals surface area contributed by atoms with E-state index in [9.17, 15) is 9.90 Å². The quantitative estimate of drug-likeness (QED) is 0.418. The van der Waals surface area contributed by atoms with Gasteiger partial charge >= 0.3 is 0 Å². The number of nitrogens with two attached hydrogens (primary N) is 1. The molecule has 5 N–H and O–H groups in total. The van der Waals surface area contributed by atoms with Gasteiger partial charge in [-0.25, -0.2) is 0 Å². The zero-order valence-corrected chi connectivity index (χ0v) is 9.65. The minimum atomic E-state index is -0.270. The number of carbonyl (C=O) groups excluding carboxylic acids is 1. The highest BCUT2D eigenvalue weighted by molar-refractivity contribution is 5.73. The average molecular weight is 238 g/mol. The van der Waals surface area contributed by atoms with E-state index >= 15 is 0 Å². The Morgan fingerprint density at radius 3 is 2.65 bits per heavy atom. The lowest BCUT2D eigenvalue weighted by molar-refractivity contribution is -0.118. The summed E-state index contributed by atoms with van der Waals surface area (Å²) < 4.78 is 0. The Morgan fingerprint density at radius 2 is 2.00 bits per heavy atom. The number of rotatable bonds is 7. The van der Waals surface area contributed by atoms with Gasteiger partial charge in [-0.2, -0.15) is 0 Å². The van der Waals surface area contributed by atoms with Crippen molar-refractivity contribution in [2.45, 2.75) is 25.8 Å². The molecule has 0 aromatic heterocycles. The molecule has 1 aromatic rings. The molecule has 1 rings (SSSR count). The van der Waals surface area contributed by atoms with Crippen molar-refractivity contribution < 1.29 is 15.0 Å². The lowest BCUT2D eigenvalue weighted by Gasteiger charge is -2.05. The molecule has 0 aliphatic carbocycles. The van der Waals surface area contributed by atoms with Gasteiger partial charge in [0.15, 0.2) is 11.5 Å². The van der Waals surface area contributed by atoms with Gasteiger partial charge in [0.05, 0.1) is 0 Å². The molecule has 0 spiro atoms. The summed E-state index contributed by atoms with van der Waals surface area (Å²) in [6.07, 6.45) is 2.08. The van der Waals surface area contributed by atoms with Crippen molar-refractivity contribution >= 4 is 5.91 Å². The predicted molar refractivity (Wildman–Crippen MR) is 64.5 cm³/mol. The molecule has 17 heavy (non-hydrogen) atoms. The first-order valence-corrected chi connectivity index (χ1v) is 5.59. The van der Waals surface area contributed by atoms with Crippen molar-refractivity contribution in [3.63, 3.8) is 0 Å². The molecule has 5 nitrogen and oxygen atoms in total. The molecule has 0 fully saturated rings. The summed E-state index contributed by atoms with van der Waals surface area (Å²) in [6, 6.07) is 4.72. The van der Waals surface area contributed by atoms with Crippen LogP contribution in [0.4, 0.5) is 0 Å². The number of phenols is 2. The molecule has 0 radical (unpaired) electrons. The van der Waals surface area contributed by atoms with Crippen molar-refractivity contribution in [2.75, 3.05) is 6.54 Å². The summed E-state index contributed by atoms with van der Waals surface area (Å²) in [5.41, 5.74) is 5.92. The average Bonchev–Trinajstić information content (AvgIpc) is 2.27. The molecule has 0 unspecified atom stereocenters. The van der Waals surface area contributed by atoms with E-state index in [0.29, 0.717) is 13.0 Å². The SMILES string of the molecule is NC(=O)CCCCNCc1ccc(O)c(O)c1. The molecule has 0 atom stereocenters. The normalized spacial score (nSPS) is 10.4. The van der Waals surface area contributed by atoms with Gasteiger partial charge < -0.3 is 21.3 Å². The van der Waals surface area contributed by atoms with Crippen LogP contribution in [-0.4, -0.2) is 22.7 Å². The van der Waals surface area contributed by atoms with Gasteiger partial charge in [0.25, 0.3) is 0 Å². The molecule has 0 bridgehead atoms. The third-order valence-corrected chi connectivity index (χ3v) is 2.40. The first-order chi connectivity index (χ1) is 8.09. The number of phenolic OH excluding ortho intramolecular Hbond substituents is 2. The van der Waals surface area contributed by atoms with Gasteiger partial charge in [0.1, 0.15) is 0 Å². The van der Waals surface area contributed by atoms with Crippen LogP contribution in [0.3, 0.4) is 0 Å². The minimum Gasteiger partial charge on any atom is -0.504 e. The largest absolute Gasteiger partial charge is 0.504 e. The number of aromatic hydroxyl groups is 2. The highest BCUT2D eigenvalue weighted by Crippen LogP contribution is 2.24. The van der Waals surface area contributed by atoms with E-state index in [2.05, 4.69) is 5.32 Å². The molecule has 0 aliphatic rings. The highest BCUT2D eigenvalue weighted by atomic mass is 16.3. The van der Waals surface area contributed by atoms with Gasteiger partial charge in [0.2, 0.25) is 5.91 Å². The minimum absolute atomic E-state index is 0.113. The number of benzene rings is 1. The highest BCUT2D eigenvalue weighted by Gasteiger charge is 2.00. The van der Waals surface area contributed by atoms with Crippen molar-refractivity contribution in [1.29, 1.82) is 0 Å². The van der Waals surface area contributed by atoms with Gasteiger partial charge in [0, 0.05) is 13.0 Å². The fourth-order valence-electron chi connectivity index (χ4n) is 1.46. The second-order valence-electron chi connectivity index (χ2n) is 3.92. The van der Waals surface area contributed by atoms with Crippen LogP contribution in [-0.2, 0) is 11.3 Å². The molecule has 0 saturated carbocycles. The number of hydrogen-bond donors (Lipinski definition) is 4. The second kappa shape index (κ2) is 6.75. The van der Waals surface area contributed by atoms with Crippen LogP contribution in [0, 0.1) is 0 Å². The number of amides is 1. The fraction of sp³-hybridized carbons (Fsp3) is 0.417. The fourth-order valence-corrected chi connectivity index (χ4v) is 1.46. The predicted octanol–water partition coefficient (Wildman–Crippen LogP) is 0.843. The third kappa shape index (κ3) is 5.21. The van der Waals surface area contributed by atoms with Crippen LogP contribution in [0.25, 0.3) is 0 Å². The lowest BCUT2D eigenvalue weighted by Crippen LogP contribution is -2.16. The molecular formula is C12H18N2O3. The van der Waals surface area contributed by atoms with Crippen LogP contribution in [0.2, 0.25) is 0 Å². The Kier molecular flexibility index (Phi) is 5.29. The molecule has 94 valence electrons. The Bertz CT molecular complexity index is 380. The van der Waals surface area contributed by atoms with E-state index < -0.39 is 0 Å². The first kappa shape index (κ1) is 13.3. The van der Waals surface area contributed by atoms with Crippen LogP contribution >= 0.6 is 0 Å². The number of primary amides is 1.